The maximum Gasteiger partial charge on any atom is 0.250 e. The van der Waals surface area contributed by atoms with Gasteiger partial charge >= 0.3 is 0 Å². The predicted octanol–water partition coefficient (Wildman–Crippen LogP) is 3.82. The maximum atomic E-state index is 12.0. The van der Waals surface area contributed by atoms with Crippen molar-refractivity contribution < 1.29 is 4.79 Å². The van der Waals surface area contributed by atoms with E-state index in [1.807, 2.05) is 35.2 Å². The summed E-state index contributed by atoms with van der Waals surface area (Å²) in [5, 5.41) is 3.85. The van der Waals surface area contributed by atoms with Crippen LogP contribution in [0.15, 0.2) is 54.6 Å². The lowest BCUT2D eigenvalue weighted by atomic mass is 10.2. The third-order valence-corrected chi connectivity index (χ3v) is 4.23. The van der Waals surface area contributed by atoms with Crippen molar-refractivity contribution in [2.24, 2.45) is 0 Å². The summed E-state index contributed by atoms with van der Waals surface area (Å²) in [5.74, 6) is -0.241. The second kappa shape index (κ2) is 6.94. The third-order valence-electron chi connectivity index (χ3n) is 3.66. The molecule has 0 aromatic heterocycles. The molecule has 0 saturated heterocycles. The van der Waals surface area contributed by atoms with Crippen molar-refractivity contribution in [3.05, 3.63) is 70.8 Å². The van der Waals surface area contributed by atoms with E-state index in [4.69, 9.17) is 23.8 Å². The molecule has 0 bridgehead atoms. The van der Waals surface area contributed by atoms with Crippen LogP contribution in [-0.4, -0.2) is 17.6 Å². The molecule has 2 aromatic rings. The highest BCUT2D eigenvalue weighted by molar-refractivity contribution is 7.80. The topological polar surface area (TPSA) is 32.3 Å². The first kappa shape index (κ1) is 15.7. The number of carbonyl (C=O) groups is 1. The molecule has 0 fully saturated rings. The van der Waals surface area contributed by atoms with E-state index in [0.717, 1.165) is 24.2 Å². The molecule has 5 heteroatoms. The molecule has 1 heterocycles. The van der Waals surface area contributed by atoms with Gasteiger partial charge in [0, 0.05) is 23.3 Å². The molecule has 3 rings (SSSR count). The minimum absolute atomic E-state index is 0.241. The Balaban J connectivity index is 1.62. The van der Waals surface area contributed by atoms with Crippen LogP contribution in [0.4, 0.5) is 5.69 Å². The van der Waals surface area contributed by atoms with Crippen LogP contribution in [0.25, 0.3) is 6.08 Å². The van der Waals surface area contributed by atoms with Crippen molar-refractivity contribution in [3.63, 3.8) is 0 Å². The Morgan fingerprint density at radius 1 is 1.17 bits per heavy atom. The monoisotopic (exact) mass is 342 g/mol. The van der Waals surface area contributed by atoms with E-state index < -0.39 is 0 Å². The van der Waals surface area contributed by atoms with Crippen molar-refractivity contribution in [2.45, 2.75) is 6.42 Å². The lowest BCUT2D eigenvalue weighted by Crippen LogP contribution is -2.41. The molecule has 0 aliphatic carbocycles. The highest BCUT2D eigenvalue weighted by atomic mass is 35.5. The van der Waals surface area contributed by atoms with Crippen LogP contribution in [0, 0.1) is 0 Å². The zero-order chi connectivity index (χ0) is 16.2. The Labute approximate surface area is 145 Å². The molecule has 116 valence electrons. The van der Waals surface area contributed by atoms with Crippen LogP contribution in [0.1, 0.15) is 11.1 Å². The standard InChI is InChI=1S/C18H15ClN2OS/c19-15-8-5-13(6-9-15)7-10-17(22)20-18(23)21-12-11-14-3-1-2-4-16(14)21/h1-10H,11-12H2,(H,20,22,23)/b10-7+. The average Bonchev–Trinajstić information content (AvgIpc) is 2.98. The maximum absolute atomic E-state index is 12.0. The van der Waals surface area contributed by atoms with E-state index in [1.165, 1.54) is 11.6 Å². The van der Waals surface area contributed by atoms with Crippen LogP contribution in [0.2, 0.25) is 5.02 Å². The predicted molar refractivity (Wildman–Crippen MR) is 98.7 cm³/mol. The Kier molecular flexibility index (Phi) is 4.74. The molecular formula is C18H15ClN2OS. The largest absolute Gasteiger partial charge is 0.318 e. The minimum Gasteiger partial charge on any atom is -0.318 e. The zero-order valence-electron chi connectivity index (χ0n) is 12.3. The van der Waals surface area contributed by atoms with Crippen LogP contribution < -0.4 is 10.2 Å². The van der Waals surface area contributed by atoms with Gasteiger partial charge in [-0.25, -0.2) is 0 Å². The summed E-state index contributed by atoms with van der Waals surface area (Å²) in [6.45, 7) is 0.791. The van der Waals surface area contributed by atoms with E-state index >= 15 is 0 Å². The number of nitrogens with zero attached hydrogens (tertiary/aromatic N) is 1. The Hall–Kier alpha value is -2.17. The van der Waals surface area contributed by atoms with Gasteiger partial charge in [0.1, 0.15) is 0 Å². The van der Waals surface area contributed by atoms with Gasteiger partial charge in [0.15, 0.2) is 5.11 Å². The molecule has 1 aliphatic heterocycles. The van der Waals surface area contributed by atoms with E-state index in [0.29, 0.717) is 10.1 Å². The smallest absolute Gasteiger partial charge is 0.250 e. The van der Waals surface area contributed by atoms with Crippen molar-refractivity contribution in [3.8, 4) is 0 Å². The van der Waals surface area contributed by atoms with Gasteiger partial charge in [-0.2, -0.15) is 0 Å². The lowest BCUT2D eigenvalue weighted by molar-refractivity contribution is -0.115. The summed E-state index contributed by atoms with van der Waals surface area (Å²) in [6, 6.07) is 15.4. The fourth-order valence-electron chi connectivity index (χ4n) is 2.51. The number of anilines is 1. The molecule has 0 saturated carbocycles. The number of benzene rings is 2. The summed E-state index contributed by atoms with van der Waals surface area (Å²) in [5.41, 5.74) is 3.22. The normalized spacial score (nSPS) is 13.2. The summed E-state index contributed by atoms with van der Waals surface area (Å²) in [7, 11) is 0. The third kappa shape index (κ3) is 3.78. The Morgan fingerprint density at radius 3 is 2.70 bits per heavy atom. The molecular weight excluding hydrogens is 328 g/mol. The molecule has 23 heavy (non-hydrogen) atoms. The minimum atomic E-state index is -0.241. The summed E-state index contributed by atoms with van der Waals surface area (Å²) < 4.78 is 0. The number of para-hydroxylation sites is 1. The molecule has 0 radical (unpaired) electrons. The first-order chi connectivity index (χ1) is 11.1. The van der Waals surface area contributed by atoms with Crippen molar-refractivity contribution >= 4 is 46.6 Å². The van der Waals surface area contributed by atoms with Gasteiger partial charge in [0.25, 0.3) is 0 Å². The number of hydrogen-bond donors (Lipinski definition) is 1. The molecule has 0 unspecified atom stereocenters. The van der Waals surface area contributed by atoms with E-state index in [2.05, 4.69) is 11.4 Å². The van der Waals surface area contributed by atoms with Crippen molar-refractivity contribution in [1.82, 2.24) is 5.32 Å². The fraction of sp³-hybridized carbons (Fsp3) is 0.111. The lowest BCUT2D eigenvalue weighted by Gasteiger charge is -2.19. The number of nitrogens with one attached hydrogen (secondary N) is 1. The number of carbonyl (C=O) groups excluding carboxylic acids is 1. The quantitative estimate of drug-likeness (QED) is 0.665. The molecule has 1 N–H and O–H groups in total. The number of hydrogen-bond acceptors (Lipinski definition) is 2. The number of rotatable bonds is 2. The van der Waals surface area contributed by atoms with Crippen molar-refractivity contribution in [1.29, 1.82) is 0 Å². The van der Waals surface area contributed by atoms with Crippen LogP contribution >= 0.6 is 23.8 Å². The molecule has 2 aromatic carbocycles. The molecule has 0 atom stereocenters. The highest BCUT2D eigenvalue weighted by Crippen LogP contribution is 2.27. The first-order valence-corrected chi connectivity index (χ1v) is 8.06. The highest BCUT2D eigenvalue weighted by Gasteiger charge is 2.22. The van der Waals surface area contributed by atoms with Gasteiger partial charge in [0.05, 0.1) is 0 Å². The molecule has 1 amide bonds. The van der Waals surface area contributed by atoms with Crippen molar-refractivity contribution in [2.75, 3.05) is 11.4 Å². The average molecular weight is 343 g/mol. The number of fused-ring (bicyclic) bond motifs is 1. The van der Waals surface area contributed by atoms with E-state index in [9.17, 15) is 4.79 Å². The second-order valence-corrected chi connectivity index (χ2v) is 6.03. The van der Waals surface area contributed by atoms with Crippen LogP contribution in [0.3, 0.4) is 0 Å². The Bertz CT molecular complexity index is 771. The zero-order valence-corrected chi connectivity index (χ0v) is 13.9. The van der Waals surface area contributed by atoms with Gasteiger partial charge < -0.3 is 4.90 Å². The number of amides is 1. The Morgan fingerprint density at radius 2 is 1.91 bits per heavy atom. The van der Waals surface area contributed by atoms with Gasteiger partial charge in [-0.15, -0.1) is 0 Å². The molecule has 1 aliphatic rings. The van der Waals surface area contributed by atoms with E-state index in [1.54, 1.807) is 18.2 Å². The summed E-state index contributed by atoms with van der Waals surface area (Å²) >= 11 is 11.2. The van der Waals surface area contributed by atoms with Crippen LogP contribution in [0.5, 0.6) is 0 Å². The van der Waals surface area contributed by atoms with Gasteiger partial charge in [-0.1, -0.05) is 41.9 Å². The van der Waals surface area contributed by atoms with Gasteiger partial charge in [-0.3, -0.25) is 10.1 Å². The number of halogens is 1. The molecule has 0 spiro atoms. The summed E-state index contributed by atoms with van der Waals surface area (Å²) in [6.07, 6.45) is 4.14. The van der Waals surface area contributed by atoms with Gasteiger partial charge in [0.2, 0.25) is 5.91 Å². The van der Waals surface area contributed by atoms with Gasteiger partial charge in [-0.05, 0) is 54.0 Å². The SMILES string of the molecule is O=C(/C=C/c1ccc(Cl)cc1)NC(=S)N1CCc2ccccc21. The fourth-order valence-corrected chi connectivity index (χ4v) is 2.93. The summed E-state index contributed by atoms with van der Waals surface area (Å²) in [4.78, 5) is 14.0. The van der Waals surface area contributed by atoms with Crippen LogP contribution in [-0.2, 0) is 11.2 Å². The molecule has 3 nitrogen and oxygen atoms in total. The number of thiocarbonyl (C=S) groups is 1. The van der Waals surface area contributed by atoms with E-state index in [-0.39, 0.29) is 5.91 Å². The second-order valence-electron chi connectivity index (χ2n) is 5.21. The first-order valence-electron chi connectivity index (χ1n) is 7.27.